The van der Waals surface area contributed by atoms with Gasteiger partial charge in [0.05, 0.1) is 6.61 Å². The molecule has 1 atom stereocenters. The lowest BCUT2D eigenvalue weighted by atomic mass is 10.2. The summed E-state index contributed by atoms with van der Waals surface area (Å²) in [5.41, 5.74) is 1.07. The van der Waals surface area contributed by atoms with Crippen molar-refractivity contribution in [2.24, 2.45) is 0 Å². The molecule has 0 aliphatic carbocycles. The third-order valence-electron chi connectivity index (χ3n) is 2.84. The van der Waals surface area contributed by atoms with E-state index >= 15 is 0 Å². The average Bonchev–Trinajstić information content (AvgIpc) is 2.47. The quantitative estimate of drug-likeness (QED) is 0.448. The lowest BCUT2D eigenvalue weighted by Gasteiger charge is -2.16. The third kappa shape index (κ3) is 7.31. The van der Waals surface area contributed by atoms with Crippen molar-refractivity contribution in [1.82, 2.24) is 0 Å². The van der Waals surface area contributed by atoms with E-state index in [2.05, 4.69) is 6.92 Å². The maximum Gasteiger partial charge on any atom is 0.183 e. The lowest BCUT2D eigenvalue weighted by Crippen LogP contribution is -2.08. The summed E-state index contributed by atoms with van der Waals surface area (Å²) in [6.45, 7) is 4.58. The second kappa shape index (κ2) is 11.0. The van der Waals surface area contributed by atoms with Crippen LogP contribution in [0.1, 0.15) is 44.5 Å². The monoisotopic (exact) mass is 266 g/mol. The van der Waals surface area contributed by atoms with E-state index in [0.29, 0.717) is 0 Å². The molecule has 0 bridgehead atoms. The highest BCUT2D eigenvalue weighted by Crippen LogP contribution is 2.17. The number of unbranched alkanes of at least 4 members (excludes halogenated alkanes) is 2. The van der Waals surface area contributed by atoms with Gasteiger partial charge in [-0.05, 0) is 25.7 Å². The Hall–Kier alpha value is -0.900. The van der Waals surface area contributed by atoms with Crippen LogP contribution in [0.3, 0.4) is 0 Å². The van der Waals surface area contributed by atoms with Crippen LogP contribution in [0.5, 0.6) is 0 Å². The number of hydrogen-bond acceptors (Lipinski definition) is 3. The van der Waals surface area contributed by atoms with Gasteiger partial charge < -0.3 is 14.2 Å². The van der Waals surface area contributed by atoms with Gasteiger partial charge in [0.2, 0.25) is 0 Å². The SMILES string of the molecule is CCCOCCCCCOC(OC)c1ccccc1. The Kier molecular flexibility index (Phi) is 9.33. The molecule has 0 saturated heterocycles. The van der Waals surface area contributed by atoms with E-state index in [1.54, 1.807) is 7.11 Å². The Labute approximate surface area is 116 Å². The molecular formula is C16H26O3. The van der Waals surface area contributed by atoms with E-state index in [1.165, 1.54) is 0 Å². The largest absolute Gasteiger partial charge is 0.381 e. The van der Waals surface area contributed by atoms with Gasteiger partial charge in [-0.1, -0.05) is 37.3 Å². The number of hydrogen-bond donors (Lipinski definition) is 0. The van der Waals surface area contributed by atoms with Crippen molar-refractivity contribution in [3.8, 4) is 0 Å². The minimum Gasteiger partial charge on any atom is -0.381 e. The first-order chi connectivity index (χ1) is 9.38. The van der Waals surface area contributed by atoms with Gasteiger partial charge in [-0.25, -0.2) is 0 Å². The molecule has 0 aromatic heterocycles. The third-order valence-corrected chi connectivity index (χ3v) is 2.84. The van der Waals surface area contributed by atoms with Crippen LogP contribution in [0.15, 0.2) is 30.3 Å². The molecule has 0 saturated carbocycles. The van der Waals surface area contributed by atoms with Crippen molar-refractivity contribution >= 4 is 0 Å². The summed E-state index contributed by atoms with van der Waals surface area (Å²) in [5, 5.41) is 0. The van der Waals surface area contributed by atoms with Gasteiger partial charge in [-0.15, -0.1) is 0 Å². The summed E-state index contributed by atoms with van der Waals surface area (Å²) >= 11 is 0. The van der Waals surface area contributed by atoms with E-state index in [9.17, 15) is 0 Å². The topological polar surface area (TPSA) is 27.7 Å². The van der Waals surface area contributed by atoms with Crippen molar-refractivity contribution in [2.75, 3.05) is 26.9 Å². The summed E-state index contributed by atoms with van der Waals surface area (Å²) in [7, 11) is 1.68. The minimum atomic E-state index is -0.252. The molecule has 0 aliphatic rings. The molecule has 0 amide bonds. The van der Waals surface area contributed by atoms with Crippen LogP contribution in [-0.2, 0) is 14.2 Å². The molecule has 1 aromatic rings. The van der Waals surface area contributed by atoms with E-state index in [-0.39, 0.29) is 6.29 Å². The van der Waals surface area contributed by atoms with Crippen LogP contribution in [0, 0.1) is 0 Å². The normalized spacial score (nSPS) is 12.5. The maximum absolute atomic E-state index is 5.74. The first-order valence-electron chi connectivity index (χ1n) is 7.15. The Morgan fingerprint density at radius 2 is 1.68 bits per heavy atom. The Bertz CT molecular complexity index is 300. The van der Waals surface area contributed by atoms with Crippen LogP contribution in [0.2, 0.25) is 0 Å². The zero-order valence-corrected chi connectivity index (χ0v) is 12.1. The average molecular weight is 266 g/mol. The van der Waals surface area contributed by atoms with Crippen molar-refractivity contribution in [3.63, 3.8) is 0 Å². The van der Waals surface area contributed by atoms with Gasteiger partial charge in [0.15, 0.2) is 6.29 Å². The van der Waals surface area contributed by atoms with E-state index in [1.807, 2.05) is 30.3 Å². The molecule has 3 nitrogen and oxygen atoms in total. The number of rotatable bonds is 11. The molecular weight excluding hydrogens is 240 g/mol. The summed E-state index contributed by atoms with van der Waals surface area (Å²) in [6.07, 6.45) is 4.12. The molecule has 1 aromatic carbocycles. The summed E-state index contributed by atoms with van der Waals surface area (Å²) < 4.78 is 16.5. The van der Waals surface area contributed by atoms with Crippen molar-refractivity contribution < 1.29 is 14.2 Å². The second-order valence-electron chi connectivity index (χ2n) is 4.52. The predicted octanol–water partition coefficient (Wildman–Crippen LogP) is 3.95. The van der Waals surface area contributed by atoms with E-state index in [4.69, 9.17) is 14.2 Å². The van der Waals surface area contributed by atoms with Gasteiger partial charge in [-0.2, -0.15) is 0 Å². The van der Waals surface area contributed by atoms with Crippen molar-refractivity contribution in [2.45, 2.75) is 38.9 Å². The summed E-state index contributed by atoms with van der Waals surface area (Å²) in [4.78, 5) is 0. The zero-order valence-electron chi connectivity index (χ0n) is 12.1. The van der Waals surface area contributed by atoms with Gasteiger partial charge in [0, 0.05) is 25.9 Å². The first-order valence-corrected chi connectivity index (χ1v) is 7.15. The molecule has 3 heteroatoms. The highest BCUT2D eigenvalue weighted by molar-refractivity contribution is 5.15. The minimum absolute atomic E-state index is 0.252. The fraction of sp³-hybridized carbons (Fsp3) is 0.625. The fourth-order valence-electron chi connectivity index (χ4n) is 1.83. The Morgan fingerprint density at radius 1 is 0.947 bits per heavy atom. The van der Waals surface area contributed by atoms with Gasteiger partial charge in [0.25, 0.3) is 0 Å². The van der Waals surface area contributed by atoms with E-state index < -0.39 is 0 Å². The smallest absolute Gasteiger partial charge is 0.183 e. The predicted molar refractivity (Wildman–Crippen MR) is 77.1 cm³/mol. The fourth-order valence-corrected chi connectivity index (χ4v) is 1.83. The number of ether oxygens (including phenoxy) is 3. The molecule has 0 heterocycles. The number of benzene rings is 1. The van der Waals surface area contributed by atoms with Crippen molar-refractivity contribution in [3.05, 3.63) is 35.9 Å². The zero-order chi connectivity index (χ0) is 13.8. The molecule has 0 N–H and O–H groups in total. The van der Waals surface area contributed by atoms with Gasteiger partial charge in [0.1, 0.15) is 0 Å². The Balaban J connectivity index is 2.07. The lowest BCUT2D eigenvalue weighted by molar-refractivity contribution is -0.128. The standard InChI is InChI=1S/C16H26O3/c1-3-12-18-13-8-5-9-14-19-16(17-2)15-10-6-4-7-11-15/h4,6-7,10-11,16H,3,5,8-9,12-14H2,1-2H3. The summed E-state index contributed by atoms with van der Waals surface area (Å²) in [6, 6.07) is 10.0. The molecule has 19 heavy (non-hydrogen) atoms. The molecule has 1 unspecified atom stereocenters. The number of methoxy groups -OCH3 is 1. The van der Waals surface area contributed by atoms with Gasteiger partial charge in [-0.3, -0.25) is 0 Å². The van der Waals surface area contributed by atoms with Crippen molar-refractivity contribution in [1.29, 1.82) is 0 Å². The van der Waals surface area contributed by atoms with Crippen LogP contribution < -0.4 is 0 Å². The first kappa shape index (κ1) is 16.2. The highest BCUT2D eigenvalue weighted by Gasteiger charge is 2.09. The van der Waals surface area contributed by atoms with Crippen LogP contribution in [0.4, 0.5) is 0 Å². The molecule has 0 fully saturated rings. The second-order valence-corrected chi connectivity index (χ2v) is 4.52. The van der Waals surface area contributed by atoms with Gasteiger partial charge >= 0.3 is 0 Å². The van der Waals surface area contributed by atoms with E-state index in [0.717, 1.165) is 51.1 Å². The highest BCUT2D eigenvalue weighted by atomic mass is 16.7. The molecule has 1 rings (SSSR count). The molecule has 0 spiro atoms. The van der Waals surface area contributed by atoms with Crippen LogP contribution in [0.25, 0.3) is 0 Å². The summed E-state index contributed by atoms with van der Waals surface area (Å²) in [5.74, 6) is 0. The van der Waals surface area contributed by atoms with Crippen LogP contribution in [-0.4, -0.2) is 26.9 Å². The Morgan fingerprint density at radius 3 is 2.37 bits per heavy atom. The van der Waals surface area contributed by atoms with Crippen LogP contribution >= 0.6 is 0 Å². The molecule has 108 valence electrons. The molecule has 0 aliphatic heterocycles. The molecule has 0 radical (unpaired) electrons. The maximum atomic E-state index is 5.74.